The predicted molar refractivity (Wildman–Crippen MR) is 82.3 cm³/mol. The van der Waals surface area contributed by atoms with Crippen LogP contribution >= 0.6 is 0 Å². The highest BCUT2D eigenvalue weighted by atomic mass is 15.1. The monoisotopic (exact) mass is 257 g/mol. The van der Waals surface area contributed by atoms with Crippen molar-refractivity contribution in [2.75, 3.05) is 11.9 Å². The van der Waals surface area contributed by atoms with Crippen molar-refractivity contribution in [1.82, 2.24) is 4.98 Å². The molecule has 2 rings (SSSR count). The molecule has 0 radical (unpaired) electrons. The minimum atomic E-state index is 0.469. The Morgan fingerprint density at radius 3 is 2.53 bits per heavy atom. The molecule has 0 bridgehead atoms. The van der Waals surface area contributed by atoms with Crippen LogP contribution in [-0.4, -0.2) is 18.1 Å². The van der Waals surface area contributed by atoms with Gasteiger partial charge in [0.25, 0.3) is 0 Å². The molecule has 19 heavy (non-hydrogen) atoms. The first-order valence-corrected chi connectivity index (χ1v) is 6.86. The molecule has 0 saturated carbocycles. The molecule has 2 N–H and O–H groups in total. The van der Waals surface area contributed by atoms with Gasteiger partial charge >= 0.3 is 0 Å². The Morgan fingerprint density at radius 2 is 1.89 bits per heavy atom. The number of hydrogen-bond donors (Lipinski definition) is 1. The fraction of sp³-hybridized carbons (Fsp3) is 0.438. The molecule has 1 aromatic heterocycles. The molecule has 2 aromatic rings. The van der Waals surface area contributed by atoms with Crippen LogP contribution in [0.2, 0.25) is 0 Å². The van der Waals surface area contributed by atoms with Crippen LogP contribution in [0.1, 0.15) is 26.5 Å². The molecule has 1 heterocycles. The number of benzene rings is 1. The molecule has 3 heteroatoms. The number of pyridine rings is 1. The summed E-state index contributed by atoms with van der Waals surface area (Å²) in [5.41, 5.74) is 8.94. The molecule has 0 aliphatic heterocycles. The topological polar surface area (TPSA) is 42.1 Å². The Balaban J connectivity index is 2.57. The first-order chi connectivity index (χ1) is 9.04. The van der Waals surface area contributed by atoms with Crippen LogP contribution < -0.4 is 10.6 Å². The average molecular weight is 257 g/mol. The Bertz CT molecular complexity index is 563. The number of anilines is 1. The summed E-state index contributed by atoms with van der Waals surface area (Å²) >= 11 is 0. The molecule has 1 atom stereocenters. The Kier molecular flexibility index (Phi) is 4.05. The number of fused-ring (bicyclic) bond motifs is 1. The van der Waals surface area contributed by atoms with E-state index in [4.69, 9.17) is 5.73 Å². The highest BCUT2D eigenvalue weighted by molar-refractivity contribution is 5.92. The van der Waals surface area contributed by atoms with Crippen molar-refractivity contribution in [1.29, 1.82) is 0 Å². The van der Waals surface area contributed by atoms with E-state index in [2.05, 4.69) is 55.9 Å². The van der Waals surface area contributed by atoms with Crippen molar-refractivity contribution >= 4 is 16.6 Å². The molecular weight excluding hydrogens is 234 g/mol. The zero-order chi connectivity index (χ0) is 14.0. The lowest BCUT2D eigenvalue weighted by molar-refractivity contribution is 0.506. The summed E-state index contributed by atoms with van der Waals surface area (Å²) < 4.78 is 0. The molecule has 1 unspecified atom stereocenters. The largest absolute Gasteiger partial charge is 0.371 e. The normalized spacial score (nSPS) is 12.9. The fourth-order valence-corrected chi connectivity index (χ4v) is 2.27. The van der Waals surface area contributed by atoms with E-state index in [0.717, 1.165) is 11.2 Å². The van der Waals surface area contributed by atoms with Gasteiger partial charge in [-0.2, -0.15) is 0 Å². The van der Waals surface area contributed by atoms with Gasteiger partial charge in [0.05, 0.1) is 11.2 Å². The molecule has 1 aromatic carbocycles. The summed E-state index contributed by atoms with van der Waals surface area (Å²) in [6, 6.07) is 10.8. The Hall–Kier alpha value is -1.61. The van der Waals surface area contributed by atoms with Gasteiger partial charge in [-0.1, -0.05) is 32.0 Å². The van der Waals surface area contributed by atoms with Crippen LogP contribution in [0.25, 0.3) is 10.9 Å². The third-order valence-corrected chi connectivity index (χ3v) is 3.91. The number of para-hydroxylation sites is 1. The Morgan fingerprint density at radius 1 is 1.21 bits per heavy atom. The van der Waals surface area contributed by atoms with Gasteiger partial charge < -0.3 is 10.6 Å². The molecule has 0 aliphatic rings. The minimum absolute atomic E-state index is 0.469. The quantitative estimate of drug-likeness (QED) is 0.914. The van der Waals surface area contributed by atoms with E-state index >= 15 is 0 Å². The van der Waals surface area contributed by atoms with Crippen LogP contribution in [0, 0.1) is 5.92 Å². The first kappa shape index (κ1) is 13.8. The molecule has 0 aliphatic carbocycles. The van der Waals surface area contributed by atoms with Crippen molar-refractivity contribution in [3.8, 4) is 0 Å². The summed E-state index contributed by atoms with van der Waals surface area (Å²) in [6.45, 7) is 7.21. The third kappa shape index (κ3) is 2.71. The van der Waals surface area contributed by atoms with Gasteiger partial charge in [-0.15, -0.1) is 0 Å². The van der Waals surface area contributed by atoms with E-state index in [-0.39, 0.29) is 0 Å². The van der Waals surface area contributed by atoms with Crippen molar-refractivity contribution in [2.45, 2.75) is 33.4 Å². The lowest BCUT2D eigenvalue weighted by Gasteiger charge is -2.31. The van der Waals surface area contributed by atoms with E-state index in [1.54, 1.807) is 0 Å². The average Bonchev–Trinajstić information content (AvgIpc) is 2.44. The van der Waals surface area contributed by atoms with E-state index in [1.165, 1.54) is 11.1 Å². The van der Waals surface area contributed by atoms with E-state index in [1.807, 2.05) is 12.1 Å². The van der Waals surface area contributed by atoms with Crippen molar-refractivity contribution in [3.05, 3.63) is 36.0 Å². The van der Waals surface area contributed by atoms with Gasteiger partial charge in [0.2, 0.25) is 0 Å². The van der Waals surface area contributed by atoms with Crippen molar-refractivity contribution in [2.24, 2.45) is 11.7 Å². The van der Waals surface area contributed by atoms with E-state index in [0.29, 0.717) is 18.5 Å². The Labute approximate surface area is 115 Å². The van der Waals surface area contributed by atoms with Gasteiger partial charge in [0, 0.05) is 30.7 Å². The van der Waals surface area contributed by atoms with Gasteiger partial charge in [-0.05, 0) is 25.0 Å². The molecule has 0 amide bonds. The smallest absolute Gasteiger partial charge is 0.0726 e. The van der Waals surface area contributed by atoms with Crippen molar-refractivity contribution in [3.63, 3.8) is 0 Å². The van der Waals surface area contributed by atoms with Gasteiger partial charge in [0.1, 0.15) is 0 Å². The molecule has 0 saturated heterocycles. The summed E-state index contributed by atoms with van der Waals surface area (Å²) in [5, 5.41) is 1.19. The molecular formula is C16H23N3. The van der Waals surface area contributed by atoms with Crippen LogP contribution in [0.4, 0.5) is 5.69 Å². The molecule has 0 fully saturated rings. The van der Waals surface area contributed by atoms with Crippen LogP contribution in [0.3, 0.4) is 0 Å². The van der Waals surface area contributed by atoms with Gasteiger partial charge in [-0.25, -0.2) is 0 Å². The number of nitrogens with zero attached hydrogens (tertiary/aromatic N) is 2. The zero-order valence-electron chi connectivity index (χ0n) is 12.2. The summed E-state index contributed by atoms with van der Waals surface area (Å²) in [4.78, 5) is 6.92. The van der Waals surface area contributed by atoms with E-state index < -0.39 is 0 Å². The lowest BCUT2D eigenvalue weighted by atomic mass is 10.0. The van der Waals surface area contributed by atoms with Crippen LogP contribution in [0.5, 0.6) is 0 Å². The number of aromatic nitrogens is 1. The second-order valence-electron chi connectivity index (χ2n) is 5.45. The SMILES string of the molecule is CC(C)C(C)N(C)c1cc(CN)nc2ccccc12. The fourth-order valence-electron chi connectivity index (χ4n) is 2.27. The second-order valence-corrected chi connectivity index (χ2v) is 5.45. The third-order valence-electron chi connectivity index (χ3n) is 3.91. The first-order valence-electron chi connectivity index (χ1n) is 6.86. The van der Waals surface area contributed by atoms with Gasteiger partial charge in [-0.3, -0.25) is 4.98 Å². The molecule has 0 spiro atoms. The summed E-state index contributed by atoms with van der Waals surface area (Å²) in [6.07, 6.45) is 0. The number of hydrogen-bond acceptors (Lipinski definition) is 3. The standard InChI is InChI=1S/C16H23N3/c1-11(2)12(3)19(4)16-9-13(10-17)18-15-8-6-5-7-14(15)16/h5-9,11-12H,10,17H2,1-4H3. The maximum atomic E-state index is 5.76. The minimum Gasteiger partial charge on any atom is -0.371 e. The number of rotatable bonds is 4. The zero-order valence-corrected chi connectivity index (χ0v) is 12.2. The van der Waals surface area contributed by atoms with Crippen LogP contribution in [0.15, 0.2) is 30.3 Å². The number of nitrogens with two attached hydrogens (primary N) is 1. The van der Waals surface area contributed by atoms with Crippen LogP contribution in [-0.2, 0) is 6.54 Å². The highest BCUT2D eigenvalue weighted by Gasteiger charge is 2.16. The van der Waals surface area contributed by atoms with E-state index in [9.17, 15) is 0 Å². The lowest BCUT2D eigenvalue weighted by Crippen LogP contribution is -2.33. The summed E-state index contributed by atoms with van der Waals surface area (Å²) in [5.74, 6) is 0.596. The summed E-state index contributed by atoms with van der Waals surface area (Å²) in [7, 11) is 2.15. The second kappa shape index (κ2) is 5.57. The van der Waals surface area contributed by atoms with Gasteiger partial charge in [0.15, 0.2) is 0 Å². The van der Waals surface area contributed by atoms with Crippen molar-refractivity contribution < 1.29 is 0 Å². The molecule has 3 nitrogen and oxygen atoms in total. The predicted octanol–water partition coefficient (Wildman–Crippen LogP) is 3.17. The maximum Gasteiger partial charge on any atom is 0.0726 e. The molecule has 102 valence electrons. The maximum absolute atomic E-state index is 5.76. The highest BCUT2D eigenvalue weighted by Crippen LogP contribution is 2.28.